The minimum Gasteiger partial charge on any atom is -0.309 e. The Morgan fingerprint density at radius 1 is 0.625 bits per heavy atom. The van der Waals surface area contributed by atoms with Crippen molar-refractivity contribution in [2.24, 2.45) is 0 Å². The first-order valence-corrected chi connectivity index (χ1v) is 14.4. The predicted octanol–water partition coefficient (Wildman–Crippen LogP) is 10.4. The third-order valence-electron chi connectivity index (χ3n) is 9.57. The van der Waals surface area contributed by atoms with Crippen molar-refractivity contribution in [1.82, 2.24) is 4.57 Å². The van der Waals surface area contributed by atoms with Crippen LogP contribution >= 0.6 is 0 Å². The standard InChI is InChI=1S/C39H29N/c1-39(2)36-29-12-6-4-10-25(29)18-20-31(36)32-21-22-33-30-13-7-8-14-35(30)40(38(33)37(32)39)27-19-17-26-16-15-24-9-3-5-11-28(24)34(26)23-27/h3,5-9,11-23H,4,10H2,1-2H3. The molecule has 0 N–H and O–H groups in total. The molecule has 9 rings (SSSR count). The van der Waals surface area contributed by atoms with E-state index in [0.29, 0.717) is 0 Å². The van der Waals surface area contributed by atoms with Gasteiger partial charge in [0.1, 0.15) is 0 Å². The molecule has 190 valence electrons. The number of allylic oxidation sites excluding steroid dienone is 1. The maximum atomic E-state index is 2.54. The SMILES string of the molecule is CC1(C)c2c(ccc3c2C=CCC3)-c2ccc3c4ccccc4n(-c4ccc5ccc6ccccc6c5c4)c3c21. The van der Waals surface area contributed by atoms with Crippen molar-refractivity contribution in [3.8, 4) is 16.8 Å². The minimum absolute atomic E-state index is 0.118. The Morgan fingerprint density at radius 2 is 1.35 bits per heavy atom. The second-order valence-electron chi connectivity index (χ2n) is 12.1. The molecule has 0 fully saturated rings. The number of nitrogens with zero attached hydrogens (tertiary/aromatic N) is 1. The number of hydrogen-bond donors (Lipinski definition) is 0. The average Bonchev–Trinajstić information content (AvgIpc) is 3.45. The molecule has 0 saturated heterocycles. The van der Waals surface area contributed by atoms with E-state index in [1.807, 2.05) is 0 Å². The van der Waals surface area contributed by atoms with Gasteiger partial charge in [-0.25, -0.2) is 0 Å². The van der Waals surface area contributed by atoms with Crippen molar-refractivity contribution in [3.05, 3.63) is 131 Å². The summed E-state index contributed by atoms with van der Waals surface area (Å²) in [6.45, 7) is 4.88. The lowest BCUT2D eigenvalue weighted by Gasteiger charge is -2.27. The Balaban J connectivity index is 1.42. The molecule has 1 nitrogen and oxygen atoms in total. The van der Waals surface area contributed by atoms with Crippen molar-refractivity contribution >= 4 is 49.4 Å². The predicted molar refractivity (Wildman–Crippen MR) is 171 cm³/mol. The van der Waals surface area contributed by atoms with E-state index < -0.39 is 0 Å². The van der Waals surface area contributed by atoms with Crippen LogP contribution in [0.15, 0.2) is 109 Å². The maximum Gasteiger partial charge on any atom is 0.0588 e. The van der Waals surface area contributed by atoms with Crippen LogP contribution in [-0.4, -0.2) is 4.57 Å². The number of rotatable bonds is 1. The van der Waals surface area contributed by atoms with Crippen LogP contribution in [0, 0.1) is 0 Å². The van der Waals surface area contributed by atoms with Crippen molar-refractivity contribution in [2.45, 2.75) is 32.1 Å². The lowest BCUT2D eigenvalue weighted by atomic mass is 9.77. The Kier molecular flexibility index (Phi) is 4.30. The van der Waals surface area contributed by atoms with Gasteiger partial charge in [-0.05, 0) is 86.0 Å². The smallest absolute Gasteiger partial charge is 0.0588 e. The number of para-hydroxylation sites is 1. The number of aryl methyl sites for hydroxylation is 1. The van der Waals surface area contributed by atoms with E-state index in [1.165, 1.54) is 82.4 Å². The van der Waals surface area contributed by atoms with Crippen LogP contribution in [0.4, 0.5) is 0 Å². The summed E-state index contributed by atoms with van der Waals surface area (Å²) in [6, 6.07) is 38.7. The summed E-state index contributed by atoms with van der Waals surface area (Å²) in [5, 5.41) is 7.81. The van der Waals surface area contributed by atoms with E-state index in [4.69, 9.17) is 0 Å². The van der Waals surface area contributed by atoms with Crippen molar-refractivity contribution < 1.29 is 0 Å². The van der Waals surface area contributed by atoms with Crippen LogP contribution in [0.25, 0.3) is 66.2 Å². The van der Waals surface area contributed by atoms with Gasteiger partial charge in [0.15, 0.2) is 0 Å². The molecule has 0 atom stereocenters. The Hall–Kier alpha value is -4.62. The lowest BCUT2D eigenvalue weighted by Crippen LogP contribution is -2.19. The summed E-state index contributed by atoms with van der Waals surface area (Å²) in [4.78, 5) is 0. The van der Waals surface area contributed by atoms with Gasteiger partial charge < -0.3 is 4.57 Å². The summed E-state index contributed by atoms with van der Waals surface area (Å²) >= 11 is 0. The molecular weight excluding hydrogens is 482 g/mol. The fraction of sp³-hybridized carbons (Fsp3) is 0.128. The Morgan fingerprint density at radius 3 is 2.25 bits per heavy atom. The van der Waals surface area contributed by atoms with Gasteiger partial charge in [-0.3, -0.25) is 0 Å². The molecular formula is C39H29N. The first-order chi connectivity index (χ1) is 19.6. The van der Waals surface area contributed by atoms with Crippen molar-refractivity contribution in [2.75, 3.05) is 0 Å². The molecule has 7 aromatic rings. The molecule has 0 unspecified atom stereocenters. The molecule has 1 heteroatoms. The summed E-state index contributed by atoms with van der Waals surface area (Å²) in [5.41, 5.74) is 12.3. The van der Waals surface area contributed by atoms with E-state index in [9.17, 15) is 0 Å². The fourth-order valence-electron chi connectivity index (χ4n) is 7.85. The number of benzene rings is 6. The molecule has 2 aliphatic carbocycles. The monoisotopic (exact) mass is 511 g/mol. The zero-order chi connectivity index (χ0) is 26.6. The zero-order valence-electron chi connectivity index (χ0n) is 22.8. The molecule has 2 aliphatic rings. The highest BCUT2D eigenvalue weighted by Gasteiger charge is 2.40. The second-order valence-corrected chi connectivity index (χ2v) is 12.1. The summed E-state index contributed by atoms with van der Waals surface area (Å²) in [7, 11) is 0. The van der Waals surface area contributed by atoms with Gasteiger partial charge in [-0.15, -0.1) is 0 Å². The number of hydrogen-bond acceptors (Lipinski definition) is 0. The molecule has 0 aliphatic heterocycles. The molecule has 6 aromatic carbocycles. The molecule has 0 amide bonds. The lowest BCUT2D eigenvalue weighted by molar-refractivity contribution is 0.660. The molecule has 1 heterocycles. The van der Waals surface area contributed by atoms with Gasteiger partial charge in [-0.2, -0.15) is 0 Å². The quantitative estimate of drug-likeness (QED) is 0.193. The van der Waals surface area contributed by atoms with Gasteiger partial charge in [0.2, 0.25) is 0 Å². The molecule has 0 spiro atoms. The number of aromatic nitrogens is 1. The summed E-state index contributed by atoms with van der Waals surface area (Å²) in [6.07, 6.45) is 7.00. The van der Waals surface area contributed by atoms with Crippen LogP contribution < -0.4 is 0 Å². The van der Waals surface area contributed by atoms with Crippen molar-refractivity contribution in [3.63, 3.8) is 0 Å². The minimum atomic E-state index is -0.118. The van der Waals surface area contributed by atoms with E-state index in [1.54, 1.807) is 0 Å². The van der Waals surface area contributed by atoms with Gasteiger partial charge in [-0.1, -0.05) is 111 Å². The highest BCUT2D eigenvalue weighted by molar-refractivity contribution is 6.14. The van der Waals surface area contributed by atoms with Crippen LogP contribution in [0.3, 0.4) is 0 Å². The van der Waals surface area contributed by atoms with Crippen LogP contribution in [0.1, 0.15) is 42.5 Å². The maximum absolute atomic E-state index is 2.54. The highest BCUT2D eigenvalue weighted by Crippen LogP contribution is 2.55. The first-order valence-electron chi connectivity index (χ1n) is 14.4. The summed E-state index contributed by atoms with van der Waals surface area (Å²) < 4.78 is 2.54. The third-order valence-corrected chi connectivity index (χ3v) is 9.57. The molecule has 40 heavy (non-hydrogen) atoms. The Labute approximate surface area is 234 Å². The topological polar surface area (TPSA) is 4.93 Å². The highest BCUT2D eigenvalue weighted by atomic mass is 15.0. The van der Waals surface area contributed by atoms with E-state index in [0.717, 1.165) is 12.8 Å². The van der Waals surface area contributed by atoms with E-state index in [2.05, 4.69) is 134 Å². The normalized spacial score (nSPS) is 15.2. The van der Waals surface area contributed by atoms with Gasteiger partial charge in [0.25, 0.3) is 0 Å². The molecule has 0 bridgehead atoms. The largest absolute Gasteiger partial charge is 0.309 e. The first kappa shape index (κ1) is 22.2. The number of fused-ring (bicyclic) bond motifs is 12. The van der Waals surface area contributed by atoms with E-state index in [-0.39, 0.29) is 5.41 Å². The van der Waals surface area contributed by atoms with Gasteiger partial charge >= 0.3 is 0 Å². The van der Waals surface area contributed by atoms with E-state index >= 15 is 0 Å². The van der Waals surface area contributed by atoms with Crippen LogP contribution in [0.2, 0.25) is 0 Å². The van der Waals surface area contributed by atoms with Gasteiger partial charge in [0, 0.05) is 21.9 Å². The molecule has 0 radical (unpaired) electrons. The van der Waals surface area contributed by atoms with Crippen LogP contribution in [-0.2, 0) is 11.8 Å². The third kappa shape index (κ3) is 2.77. The van der Waals surface area contributed by atoms with Gasteiger partial charge in [0.05, 0.1) is 11.0 Å². The zero-order valence-corrected chi connectivity index (χ0v) is 22.8. The second kappa shape index (κ2) is 7.73. The Bertz CT molecular complexity index is 2240. The molecule has 0 saturated carbocycles. The average molecular weight is 512 g/mol. The summed E-state index contributed by atoms with van der Waals surface area (Å²) in [5.74, 6) is 0. The fourth-order valence-corrected chi connectivity index (χ4v) is 7.85. The van der Waals surface area contributed by atoms with Crippen molar-refractivity contribution in [1.29, 1.82) is 0 Å². The van der Waals surface area contributed by atoms with Crippen LogP contribution in [0.5, 0.6) is 0 Å². The molecule has 1 aromatic heterocycles.